The Morgan fingerprint density at radius 3 is 2.76 bits per heavy atom. The van der Waals surface area contributed by atoms with Crippen molar-refractivity contribution >= 4 is 28.9 Å². The smallest absolute Gasteiger partial charge is 0.182 e. The molecule has 1 aliphatic heterocycles. The summed E-state index contributed by atoms with van der Waals surface area (Å²) in [5.41, 5.74) is 5.01. The number of benzene rings is 2. The maximum atomic E-state index is 5.05. The lowest BCUT2D eigenvalue weighted by molar-refractivity contribution is 0.690. The summed E-state index contributed by atoms with van der Waals surface area (Å²) in [7, 11) is 0. The van der Waals surface area contributed by atoms with E-state index in [0.29, 0.717) is 12.2 Å². The zero-order valence-corrected chi connectivity index (χ0v) is 16.3. The van der Waals surface area contributed by atoms with Gasteiger partial charge in [0.1, 0.15) is 18.0 Å². The Morgan fingerprint density at radius 1 is 1.00 bits per heavy atom. The van der Waals surface area contributed by atoms with Crippen molar-refractivity contribution in [1.82, 2.24) is 19.9 Å². The summed E-state index contributed by atoms with van der Waals surface area (Å²) in [6, 6.07) is 14.6. The molecular weight excluding hydrogens is 362 g/mol. The molecule has 0 saturated carbocycles. The highest BCUT2D eigenvalue weighted by atomic mass is 15.3. The van der Waals surface area contributed by atoms with Crippen molar-refractivity contribution in [1.29, 1.82) is 0 Å². The molecule has 2 aromatic heterocycles. The van der Waals surface area contributed by atoms with Gasteiger partial charge in [0.15, 0.2) is 11.5 Å². The van der Waals surface area contributed by atoms with E-state index in [4.69, 9.17) is 4.99 Å². The Bertz CT molecular complexity index is 1310. The summed E-state index contributed by atoms with van der Waals surface area (Å²) in [5.74, 6) is 0.725. The normalized spacial score (nSPS) is 15.5. The number of nitrogens with one attached hydrogen (secondary N) is 2. The molecule has 29 heavy (non-hydrogen) atoms. The lowest BCUT2D eigenvalue weighted by Gasteiger charge is -2.31. The largest absolute Gasteiger partial charge is 0.364 e. The van der Waals surface area contributed by atoms with Crippen molar-refractivity contribution in [3.05, 3.63) is 76.8 Å². The highest BCUT2D eigenvalue weighted by Crippen LogP contribution is 2.24. The Kier molecular flexibility index (Phi) is 4.20. The van der Waals surface area contributed by atoms with Gasteiger partial charge in [-0.1, -0.05) is 30.3 Å². The number of aromatic nitrogens is 4. The number of aryl methyl sites for hydroxylation is 2. The summed E-state index contributed by atoms with van der Waals surface area (Å²) >= 11 is 0. The van der Waals surface area contributed by atoms with E-state index in [1.165, 1.54) is 17.5 Å². The predicted octanol–water partition coefficient (Wildman–Crippen LogP) is 2.29. The lowest BCUT2D eigenvalue weighted by Crippen LogP contribution is -2.46. The monoisotopic (exact) mass is 383 g/mol. The zero-order valence-electron chi connectivity index (χ0n) is 16.3. The van der Waals surface area contributed by atoms with Crippen molar-refractivity contribution in [2.75, 3.05) is 16.8 Å². The van der Waals surface area contributed by atoms with Gasteiger partial charge in [-0.05, 0) is 37.1 Å². The zero-order chi connectivity index (χ0) is 19.8. The highest BCUT2D eigenvalue weighted by molar-refractivity contribution is 5.82. The maximum Gasteiger partial charge on any atom is 0.182 e. The van der Waals surface area contributed by atoms with Crippen LogP contribution in [0.5, 0.6) is 0 Å². The molecule has 1 aliphatic rings. The number of aromatic amines is 1. The van der Waals surface area contributed by atoms with E-state index in [2.05, 4.69) is 92.7 Å². The van der Waals surface area contributed by atoms with Crippen molar-refractivity contribution in [2.24, 2.45) is 4.99 Å². The molecule has 1 atom stereocenters. The summed E-state index contributed by atoms with van der Waals surface area (Å²) in [6.07, 6.45) is 5.24. The van der Waals surface area contributed by atoms with Gasteiger partial charge in [0.2, 0.25) is 0 Å². The minimum atomic E-state index is -0.113. The fourth-order valence-corrected chi connectivity index (χ4v) is 3.71. The first-order valence-corrected chi connectivity index (χ1v) is 9.58. The van der Waals surface area contributed by atoms with Gasteiger partial charge in [0.05, 0.1) is 18.2 Å². The van der Waals surface area contributed by atoms with Gasteiger partial charge in [-0.3, -0.25) is 4.99 Å². The quantitative estimate of drug-likeness (QED) is 0.565. The summed E-state index contributed by atoms with van der Waals surface area (Å²) in [6.45, 7) is 4.83. The number of para-hydroxylation sites is 1. The molecule has 0 amide bonds. The fourth-order valence-electron chi connectivity index (χ4n) is 3.71. The van der Waals surface area contributed by atoms with Crippen LogP contribution < -0.4 is 20.8 Å². The van der Waals surface area contributed by atoms with Crippen LogP contribution in [0.25, 0.3) is 17.4 Å². The molecule has 0 fully saturated rings. The average molecular weight is 383 g/mol. The van der Waals surface area contributed by atoms with Crippen LogP contribution >= 0.6 is 0 Å². The number of nitrogens with zero attached hydrogens (tertiary/aromatic N) is 5. The number of rotatable bonds is 4. The molecule has 4 aromatic rings. The van der Waals surface area contributed by atoms with Crippen LogP contribution in [-0.4, -0.2) is 32.6 Å². The first-order valence-electron chi connectivity index (χ1n) is 9.58. The van der Waals surface area contributed by atoms with Crippen LogP contribution in [0.3, 0.4) is 0 Å². The lowest BCUT2D eigenvalue weighted by atomic mass is 10.1. The molecule has 7 heteroatoms. The molecule has 0 bridgehead atoms. The minimum absolute atomic E-state index is 0.113. The van der Waals surface area contributed by atoms with Crippen molar-refractivity contribution in [2.45, 2.75) is 20.0 Å². The number of hydrogen-bond donors (Lipinski definition) is 2. The third-order valence-corrected chi connectivity index (χ3v) is 5.25. The Morgan fingerprint density at radius 2 is 1.86 bits per heavy atom. The molecule has 0 aliphatic carbocycles. The van der Waals surface area contributed by atoms with E-state index >= 15 is 0 Å². The molecule has 144 valence electrons. The van der Waals surface area contributed by atoms with Gasteiger partial charge in [-0.25, -0.2) is 15.0 Å². The van der Waals surface area contributed by atoms with E-state index in [0.717, 1.165) is 27.6 Å². The fraction of sp³-hybridized carbons (Fsp3) is 0.182. The highest BCUT2D eigenvalue weighted by Gasteiger charge is 2.21. The second-order valence-electron chi connectivity index (χ2n) is 7.14. The topological polar surface area (TPSA) is 82.1 Å². The van der Waals surface area contributed by atoms with Crippen LogP contribution in [0.4, 0.5) is 11.5 Å². The molecular formula is C22H21N7. The first-order chi connectivity index (χ1) is 14.2. The number of fused-ring (bicyclic) bond motifs is 2. The van der Waals surface area contributed by atoms with Gasteiger partial charge in [-0.2, -0.15) is 0 Å². The number of hydrogen-bond acceptors (Lipinski definition) is 6. The van der Waals surface area contributed by atoms with Crippen molar-refractivity contribution < 1.29 is 0 Å². The molecule has 3 heterocycles. The third-order valence-electron chi connectivity index (χ3n) is 5.25. The summed E-state index contributed by atoms with van der Waals surface area (Å²) in [4.78, 5) is 23.1. The average Bonchev–Trinajstić information content (AvgIpc) is 3.22. The van der Waals surface area contributed by atoms with Crippen LogP contribution in [0, 0.1) is 13.8 Å². The SMILES string of the molecule is Cc1ccccc1N1C=c2c(C)cccc2=NC1CNc1ncnc2nc[nH]c12. The predicted molar refractivity (Wildman–Crippen MR) is 114 cm³/mol. The van der Waals surface area contributed by atoms with E-state index in [-0.39, 0.29) is 6.17 Å². The second kappa shape index (κ2) is 7.01. The van der Waals surface area contributed by atoms with Gasteiger partial charge < -0.3 is 15.2 Å². The van der Waals surface area contributed by atoms with E-state index in [1.807, 2.05) is 0 Å². The van der Waals surface area contributed by atoms with Crippen molar-refractivity contribution in [3.63, 3.8) is 0 Å². The van der Waals surface area contributed by atoms with Crippen molar-refractivity contribution in [3.8, 4) is 0 Å². The minimum Gasteiger partial charge on any atom is -0.364 e. The Balaban J connectivity index is 1.55. The number of H-pyrrole nitrogens is 1. The Hall–Kier alpha value is -3.74. The van der Waals surface area contributed by atoms with Crippen LogP contribution in [-0.2, 0) is 0 Å². The second-order valence-corrected chi connectivity index (χ2v) is 7.14. The molecule has 5 rings (SSSR count). The molecule has 2 N–H and O–H groups in total. The van der Waals surface area contributed by atoms with E-state index in [9.17, 15) is 0 Å². The Labute approximate surface area is 167 Å². The first kappa shape index (κ1) is 17.4. The molecule has 2 aromatic carbocycles. The number of anilines is 2. The van der Waals surface area contributed by atoms with Crippen LogP contribution in [0.15, 0.2) is 60.1 Å². The standard InChI is InChI=1S/C22H21N7/c1-14-7-5-8-17-16(14)11-29(18-9-4-3-6-15(18)2)19(28-17)10-23-21-20-22(25-12-24-20)27-13-26-21/h3-9,11-13,19H,10H2,1-2H3,(H2,23,24,25,26,27). The van der Waals surface area contributed by atoms with Gasteiger partial charge in [-0.15, -0.1) is 0 Å². The maximum absolute atomic E-state index is 5.05. The van der Waals surface area contributed by atoms with E-state index in [1.54, 1.807) is 6.33 Å². The molecule has 0 radical (unpaired) electrons. The summed E-state index contributed by atoms with van der Waals surface area (Å²) in [5, 5.41) is 5.60. The molecule has 0 spiro atoms. The molecule has 0 saturated heterocycles. The van der Waals surface area contributed by atoms with Crippen LogP contribution in [0.2, 0.25) is 0 Å². The van der Waals surface area contributed by atoms with Gasteiger partial charge in [0.25, 0.3) is 0 Å². The third kappa shape index (κ3) is 3.10. The molecule has 1 unspecified atom stereocenters. The number of imidazole rings is 1. The summed E-state index contributed by atoms with van der Waals surface area (Å²) < 4.78 is 0. The van der Waals surface area contributed by atoms with E-state index < -0.39 is 0 Å². The van der Waals surface area contributed by atoms with Gasteiger partial charge in [0, 0.05) is 17.1 Å². The molecule has 7 nitrogen and oxygen atoms in total. The van der Waals surface area contributed by atoms with Gasteiger partial charge >= 0.3 is 0 Å². The van der Waals surface area contributed by atoms with Crippen LogP contribution in [0.1, 0.15) is 11.1 Å².